The highest BCUT2D eigenvalue weighted by Crippen LogP contribution is 2.23. The molecule has 3 rings (SSSR count). The number of imidazole rings is 1. The smallest absolute Gasteiger partial charge is 0.253 e. The molecule has 1 atom stereocenters. The topological polar surface area (TPSA) is 67.0 Å². The zero-order valence-electron chi connectivity index (χ0n) is 11.3. The third kappa shape index (κ3) is 2.58. The Kier molecular flexibility index (Phi) is 3.52. The van der Waals surface area contributed by atoms with Crippen molar-refractivity contribution in [2.45, 2.75) is 25.9 Å². The number of carbonyl (C=O) groups is 1. The lowest BCUT2D eigenvalue weighted by molar-refractivity contribution is -0.124. The summed E-state index contributed by atoms with van der Waals surface area (Å²) in [7, 11) is 0. The third-order valence-corrected chi connectivity index (χ3v) is 3.46. The number of H-pyrrole nitrogens is 1. The van der Waals surface area contributed by atoms with Crippen LogP contribution in [0.1, 0.15) is 18.5 Å². The van der Waals surface area contributed by atoms with Gasteiger partial charge in [0.15, 0.2) is 0 Å². The Balaban J connectivity index is 1.78. The monoisotopic (exact) mass is 271 g/mol. The molecule has 1 aliphatic heterocycles. The molecular formula is C15H17N3O2. The van der Waals surface area contributed by atoms with Gasteiger partial charge in [0, 0.05) is 23.6 Å². The number of aromatic amines is 1. The van der Waals surface area contributed by atoms with Crippen LogP contribution in [0.15, 0.2) is 30.6 Å². The number of hydrogen-bond acceptors (Lipinski definition) is 3. The molecule has 0 spiro atoms. The Hall–Kier alpha value is -2.14. The van der Waals surface area contributed by atoms with Gasteiger partial charge >= 0.3 is 0 Å². The number of amides is 1. The largest absolute Gasteiger partial charge is 0.368 e. The van der Waals surface area contributed by atoms with Gasteiger partial charge in [-0.3, -0.25) is 4.79 Å². The summed E-state index contributed by atoms with van der Waals surface area (Å²) in [5.41, 5.74) is 3.66. The first kappa shape index (κ1) is 12.9. The molecule has 0 radical (unpaired) electrons. The number of aryl methyl sites for hydroxylation is 1. The zero-order valence-corrected chi connectivity index (χ0v) is 11.3. The van der Waals surface area contributed by atoms with Crippen molar-refractivity contribution >= 4 is 11.6 Å². The molecule has 0 saturated carbocycles. The van der Waals surface area contributed by atoms with Crippen LogP contribution in [0.4, 0.5) is 5.69 Å². The summed E-state index contributed by atoms with van der Waals surface area (Å²) in [6, 6.07) is 7.69. The number of aromatic nitrogens is 2. The zero-order chi connectivity index (χ0) is 13.9. The second-order valence-corrected chi connectivity index (χ2v) is 4.95. The van der Waals surface area contributed by atoms with E-state index in [0.29, 0.717) is 6.61 Å². The van der Waals surface area contributed by atoms with E-state index in [9.17, 15) is 4.79 Å². The Morgan fingerprint density at radius 3 is 3.10 bits per heavy atom. The molecule has 2 aromatic rings. The second-order valence-electron chi connectivity index (χ2n) is 4.95. The molecule has 2 N–H and O–H groups in total. The predicted octanol–water partition coefficient (Wildman–Crippen LogP) is 2.50. The first-order valence-electron chi connectivity index (χ1n) is 6.77. The van der Waals surface area contributed by atoms with Crippen LogP contribution < -0.4 is 5.32 Å². The van der Waals surface area contributed by atoms with Crippen LogP contribution in [0.2, 0.25) is 0 Å². The molecule has 1 aromatic heterocycles. The van der Waals surface area contributed by atoms with Crippen molar-refractivity contribution in [1.29, 1.82) is 0 Å². The van der Waals surface area contributed by atoms with Crippen molar-refractivity contribution in [2.24, 2.45) is 0 Å². The molecule has 1 unspecified atom stereocenters. The summed E-state index contributed by atoms with van der Waals surface area (Å²) in [4.78, 5) is 19.4. The summed E-state index contributed by atoms with van der Waals surface area (Å²) >= 11 is 0. The fourth-order valence-electron chi connectivity index (χ4n) is 2.40. The number of rotatable bonds is 3. The molecule has 0 aliphatic carbocycles. The van der Waals surface area contributed by atoms with Crippen LogP contribution in [-0.4, -0.2) is 28.6 Å². The molecule has 20 heavy (non-hydrogen) atoms. The Bertz CT molecular complexity index is 615. The molecule has 104 valence electrons. The van der Waals surface area contributed by atoms with Crippen molar-refractivity contribution in [3.63, 3.8) is 0 Å². The van der Waals surface area contributed by atoms with E-state index in [4.69, 9.17) is 4.74 Å². The predicted molar refractivity (Wildman–Crippen MR) is 76.4 cm³/mol. The van der Waals surface area contributed by atoms with E-state index < -0.39 is 0 Å². The highest BCUT2D eigenvalue weighted by Gasteiger charge is 2.23. The molecule has 1 saturated heterocycles. The van der Waals surface area contributed by atoms with E-state index in [1.807, 2.05) is 31.2 Å². The number of ether oxygens (including phenoxy) is 1. The summed E-state index contributed by atoms with van der Waals surface area (Å²) in [5.74, 6) is -0.0709. The number of carbonyl (C=O) groups excluding carboxylic acids is 1. The van der Waals surface area contributed by atoms with Gasteiger partial charge in [-0.2, -0.15) is 0 Å². The summed E-state index contributed by atoms with van der Waals surface area (Å²) in [6.07, 6.45) is 3.10. The van der Waals surface area contributed by atoms with E-state index in [1.165, 1.54) is 0 Å². The summed E-state index contributed by atoms with van der Waals surface area (Å²) in [5, 5.41) is 2.90. The number of nitrogens with one attached hydrogen (secondary N) is 2. The van der Waals surface area contributed by atoms with E-state index in [0.717, 1.165) is 35.5 Å². The van der Waals surface area contributed by atoms with Crippen molar-refractivity contribution in [3.05, 3.63) is 36.3 Å². The minimum atomic E-state index is -0.314. The van der Waals surface area contributed by atoms with Gasteiger partial charge in [-0.15, -0.1) is 0 Å². The minimum absolute atomic E-state index is 0.0709. The molecule has 1 fully saturated rings. The van der Waals surface area contributed by atoms with E-state index in [-0.39, 0.29) is 12.0 Å². The highest BCUT2D eigenvalue weighted by atomic mass is 16.5. The Morgan fingerprint density at radius 1 is 1.50 bits per heavy atom. The molecule has 1 aliphatic rings. The maximum Gasteiger partial charge on any atom is 0.253 e. The lowest BCUT2D eigenvalue weighted by Gasteiger charge is -2.11. The molecule has 5 heteroatoms. The lowest BCUT2D eigenvalue weighted by atomic mass is 10.1. The van der Waals surface area contributed by atoms with Gasteiger partial charge in [0.1, 0.15) is 6.10 Å². The van der Waals surface area contributed by atoms with Gasteiger partial charge in [0.25, 0.3) is 5.91 Å². The third-order valence-electron chi connectivity index (χ3n) is 3.46. The van der Waals surface area contributed by atoms with E-state index in [1.54, 1.807) is 6.33 Å². The lowest BCUT2D eigenvalue weighted by Crippen LogP contribution is -2.26. The van der Waals surface area contributed by atoms with E-state index in [2.05, 4.69) is 15.3 Å². The maximum absolute atomic E-state index is 12.0. The SMILES string of the molecule is Cc1[nH]cnc1-c1cccc(NC(=O)C2CCCO2)c1. The summed E-state index contributed by atoms with van der Waals surface area (Å²) in [6.45, 7) is 2.64. The quantitative estimate of drug-likeness (QED) is 0.901. The van der Waals surface area contributed by atoms with Crippen LogP contribution in [-0.2, 0) is 9.53 Å². The van der Waals surface area contributed by atoms with Crippen molar-refractivity contribution in [2.75, 3.05) is 11.9 Å². The average Bonchev–Trinajstić information content (AvgIpc) is 3.10. The average molecular weight is 271 g/mol. The molecule has 2 heterocycles. The van der Waals surface area contributed by atoms with Crippen molar-refractivity contribution in [3.8, 4) is 11.3 Å². The first-order valence-corrected chi connectivity index (χ1v) is 6.77. The Labute approximate surface area is 117 Å². The van der Waals surface area contributed by atoms with Crippen molar-refractivity contribution in [1.82, 2.24) is 9.97 Å². The molecular weight excluding hydrogens is 254 g/mol. The normalized spacial score (nSPS) is 18.1. The number of anilines is 1. The van der Waals surface area contributed by atoms with Gasteiger partial charge in [0.2, 0.25) is 0 Å². The second kappa shape index (κ2) is 5.46. The number of benzene rings is 1. The molecule has 1 amide bonds. The molecule has 0 bridgehead atoms. The van der Waals surface area contributed by atoms with Crippen molar-refractivity contribution < 1.29 is 9.53 Å². The standard InChI is InChI=1S/C15H17N3O2/c1-10-14(17-9-16-10)11-4-2-5-12(8-11)18-15(19)13-6-3-7-20-13/h2,4-5,8-9,13H,3,6-7H2,1H3,(H,16,17)(H,18,19). The highest BCUT2D eigenvalue weighted by molar-refractivity contribution is 5.94. The van der Waals surface area contributed by atoms with Gasteiger partial charge < -0.3 is 15.0 Å². The van der Waals surface area contributed by atoms with Crippen LogP contribution in [0.5, 0.6) is 0 Å². The van der Waals surface area contributed by atoms with Gasteiger partial charge in [-0.05, 0) is 31.9 Å². The van der Waals surface area contributed by atoms with Crippen LogP contribution in [0.25, 0.3) is 11.3 Å². The fourth-order valence-corrected chi connectivity index (χ4v) is 2.40. The van der Waals surface area contributed by atoms with Gasteiger partial charge in [0.05, 0.1) is 12.0 Å². The van der Waals surface area contributed by atoms with Gasteiger partial charge in [-0.25, -0.2) is 4.98 Å². The van der Waals surface area contributed by atoms with E-state index >= 15 is 0 Å². The molecule has 5 nitrogen and oxygen atoms in total. The number of nitrogens with zero attached hydrogens (tertiary/aromatic N) is 1. The first-order chi connectivity index (χ1) is 9.74. The van der Waals surface area contributed by atoms with Gasteiger partial charge in [-0.1, -0.05) is 12.1 Å². The molecule has 1 aromatic carbocycles. The summed E-state index contributed by atoms with van der Waals surface area (Å²) < 4.78 is 5.38. The van der Waals surface area contributed by atoms with Crippen LogP contribution in [0.3, 0.4) is 0 Å². The van der Waals surface area contributed by atoms with Crippen LogP contribution in [0, 0.1) is 6.92 Å². The fraction of sp³-hybridized carbons (Fsp3) is 0.333. The number of hydrogen-bond donors (Lipinski definition) is 2. The minimum Gasteiger partial charge on any atom is -0.368 e. The Morgan fingerprint density at radius 2 is 2.40 bits per heavy atom. The maximum atomic E-state index is 12.0. The van der Waals surface area contributed by atoms with Crippen LogP contribution >= 0.6 is 0 Å².